The molecule has 1 aliphatic heterocycles. The predicted octanol–water partition coefficient (Wildman–Crippen LogP) is 2.50. The number of hydrogen-bond acceptors (Lipinski definition) is 5. The first-order valence-electron chi connectivity index (χ1n) is 10.1. The minimum absolute atomic E-state index is 0.110. The van der Waals surface area contributed by atoms with Crippen LogP contribution in [0.5, 0.6) is 0 Å². The van der Waals surface area contributed by atoms with Crippen LogP contribution in [0.1, 0.15) is 30.9 Å². The third kappa shape index (κ3) is 6.03. The van der Waals surface area contributed by atoms with Crippen LogP contribution in [0.15, 0.2) is 59.5 Å². The summed E-state index contributed by atoms with van der Waals surface area (Å²) < 4.78 is 27.2. The molecule has 0 spiro atoms. The lowest BCUT2D eigenvalue weighted by Crippen LogP contribution is -2.46. The van der Waals surface area contributed by atoms with Gasteiger partial charge in [0, 0.05) is 37.8 Å². The normalized spacial score (nSPS) is 15.2. The maximum atomic E-state index is 12.9. The number of benzene rings is 2. The van der Waals surface area contributed by atoms with Gasteiger partial charge in [0.25, 0.3) is 0 Å². The predicted molar refractivity (Wildman–Crippen MR) is 121 cm³/mol. The summed E-state index contributed by atoms with van der Waals surface area (Å²) in [7, 11) is -3.64. The summed E-state index contributed by atoms with van der Waals surface area (Å²) in [4.78, 5) is 23.5. The van der Waals surface area contributed by atoms with Crippen molar-refractivity contribution < 1.29 is 18.0 Å². The molecule has 0 aliphatic carbocycles. The second-order valence-electron chi connectivity index (χ2n) is 7.46. The van der Waals surface area contributed by atoms with Crippen molar-refractivity contribution in [3.63, 3.8) is 0 Å². The number of piperidine rings is 1. The fraction of sp³-hybridized carbons (Fsp3) is 0.261. The largest absolute Gasteiger partial charge is 0.350 e. The molecule has 166 valence electrons. The second-order valence-corrected chi connectivity index (χ2v) is 9.40. The molecule has 2 aromatic rings. The average Bonchev–Trinajstić information content (AvgIpc) is 2.78. The molecule has 2 amide bonds. The number of sulfonamides is 1. The van der Waals surface area contributed by atoms with Gasteiger partial charge in [0.15, 0.2) is 0 Å². The summed E-state index contributed by atoms with van der Waals surface area (Å²) in [6, 6.07) is 14.9. The zero-order valence-corrected chi connectivity index (χ0v) is 18.4. The van der Waals surface area contributed by atoms with Crippen LogP contribution < -0.4 is 10.6 Å². The van der Waals surface area contributed by atoms with E-state index in [0.29, 0.717) is 37.2 Å². The van der Waals surface area contributed by atoms with Gasteiger partial charge >= 0.3 is 0 Å². The van der Waals surface area contributed by atoms with Gasteiger partial charge in [0.2, 0.25) is 21.8 Å². The average molecular weight is 453 g/mol. The van der Waals surface area contributed by atoms with Crippen molar-refractivity contribution in [2.24, 2.45) is 0 Å². The minimum atomic E-state index is -3.64. The van der Waals surface area contributed by atoms with E-state index in [9.17, 15) is 18.0 Å². The summed E-state index contributed by atoms with van der Waals surface area (Å²) in [6.07, 6.45) is 4.13. The van der Waals surface area contributed by atoms with E-state index in [1.165, 1.54) is 29.4 Å². The van der Waals surface area contributed by atoms with E-state index < -0.39 is 10.0 Å². The molecule has 0 radical (unpaired) electrons. The highest BCUT2D eigenvalue weighted by molar-refractivity contribution is 7.89. The lowest BCUT2D eigenvalue weighted by molar-refractivity contribution is -0.117. The van der Waals surface area contributed by atoms with Gasteiger partial charge in [-0.3, -0.25) is 9.59 Å². The Kier molecular flexibility index (Phi) is 7.41. The number of amides is 2. The number of carbonyl (C=O) groups excluding carboxylic acids is 2. The van der Waals surface area contributed by atoms with Gasteiger partial charge in [-0.1, -0.05) is 12.1 Å². The van der Waals surface area contributed by atoms with Crippen LogP contribution in [0.2, 0.25) is 0 Å². The highest BCUT2D eigenvalue weighted by Crippen LogP contribution is 2.22. The maximum Gasteiger partial charge on any atom is 0.244 e. The molecule has 0 saturated carbocycles. The fourth-order valence-electron chi connectivity index (χ4n) is 3.39. The quantitative estimate of drug-likeness (QED) is 0.653. The summed E-state index contributed by atoms with van der Waals surface area (Å²) in [5, 5.41) is 14.3. The lowest BCUT2D eigenvalue weighted by Gasteiger charge is -2.31. The first kappa shape index (κ1) is 23.2. The van der Waals surface area contributed by atoms with Gasteiger partial charge in [-0.25, -0.2) is 8.42 Å². The summed E-state index contributed by atoms with van der Waals surface area (Å²) in [6.45, 7) is 2.00. The summed E-state index contributed by atoms with van der Waals surface area (Å²) in [5.41, 5.74) is 1.90. The first-order valence-corrected chi connectivity index (χ1v) is 11.6. The lowest BCUT2D eigenvalue weighted by atomic mass is 10.1. The number of rotatable bonds is 6. The van der Waals surface area contributed by atoms with Crippen LogP contribution in [0.25, 0.3) is 6.08 Å². The van der Waals surface area contributed by atoms with E-state index in [0.717, 1.165) is 5.56 Å². The van der Waals surface area contributed by atoms with E-state index in [4.69, 9.17) is 5.26 Å². The van der Waals surface area contributed by atoms with Crippen molar-refractivity contribution in [3.8, 4) is 6.07 Å². The molecular weight excluding hydrogens is 428 g/mol. The highest BCUT2D eigenvalue weighted by atomic mass is 32.2. The molecule has 0 bridgehead atoms. The van der Waals surface area contributed by atoms with Gasteiger partial charge in [0.05, 0.1) is 16.5 Å². The number of carbonyl (C=O) groups is 2. The third-order valence-corrected chi connectivity index (χ3v) is 6.99. The van der Waals surface area contributed by atoms with E-state index in [2.05, 4.69) is 10.6 Å². The Bertz CT molecular complexity index is 1140. The Hall–Kier alpha value is -3.48. The smallest absolute Gasteiger partial charge is 0.244 e. The molecule has 1 fully saturated rings. The molecule has 0 aromatic heterocycles. The fourth-order valence-corrected chi connectivity index (χ4v) is 4.86. The number of nitriles is 1. The second kappa shape index (κ2) is 10.2. The van der Waals surface area contributed by atoms with Crippen LogP contribution in [0.3, 0.4) is 0 Å². The molecule has 8 nitrogen and oxygen atoms in total. The number of nitrogens with one attached hydrogen (secondary N) is 2. The molecule has 2 N–H and O–H groups in total. The summed E-state index contributed by atoms with van der Waals surface area (Å²) >= 11 is 0. The van der Waals surface area contributed by atoms with Crippen LogP contribution in [0, 0.1) is 11.3 Å². The molecule has 1 heterocycles. The molecule has 0 atom stereocenters. The van der Waals surface area contributed by atoms with Crippen LogP contribution in [0.4, 0.5) is 5.69 Å². The minimum Gasteiger partial charge on any atom is -0.350 e. The van der Waals surface area contributed by atoms with Gasteiger partial charge < -0.3 is 10.6 Å². The third-order valence-electron chi connectivity index (χ3n) is 5.08. The SMILES string of the molecule is CC(=O)Nc1ccc(S(=O)(=O)N2CCC(NC(=O)/C=C/c3ccc(C#N)cc3)CC2)cc1. The molecule has 2 aromatic carbocycles. The number of hydrogen-bond donors (Lipinski definition) is 2. The standard InChI is InChI=1S/C23H24N4O4S/c1-17(28)25-20-7-9-22(10-8-20)32(30,31)27-14-12-21(13-15-27)26-23(29)11-6-18-2-4-19(16-24)5-3-18/h2-11,21H,12-15H2,1H3,(H,25,28)(H,26,29)/b11-6+. The van der Waals surface area contributed by atoms with Gasteiger partial charge in [-0.05, 0) is 60.9 Å². The Morgan fingerprint density at radius 1 is 1.06 bits per heavy atom. The van der Waals surface area contributed by atoms with Gasteiger partial charge in [0.1, 0.15) is 0 Å². The molecular formula is C23H24N4O4S. The molecule has 32 heavy (non-hydrogen) atoms. The summed E-state index contributed by atoms with van der Waals surface area (Å²) in [5.74, 6) is -0.472. The van der Waals surface area contributed by atoms with Crippen LogP contribution >= 0.6 is 0 Å². The van der Waals surface area contributed by atoms with Gasteiger partial charge in [-0.15, -0.1) is 0 Å². The van der Waals surface area contributed by atoms with Crippen molar-refractivity contribution in [2.75, 3.05) is 18.4 Å². The number of anilines is 1. The molecule has 1 aliphatic rings. The van der Waals surface area contributed by atoms with Crippen molar-refractivity contribution in [1.82, 2.24) is 9.62 Å². The monoisotopic (exact) mass is 452 g/mol. The Labute approximate surface area is 187 Å². The Balaban J connectivity index is 1.52. The number of nitrogens with zero attached hydrogens (tertiary/aromatic N) is 2. The molecule has 0 unspecified atom stereocenters. The van der Waals surface area contributed by atoms with Gasteiger partial charge in [-0.2, -0.15) is 9.57 Å². The van der Waals surface area contributed by atoms with E-state index in [-0.39, 0.29) is 22.8 Å². The van der Waals surface area contributed by atoms with Crippen molar-refractivity contribution >= 4 is 33.6 Å². The van der Waals surface area contributed by atoms with Crippen molar-refractivity contribution in [1.29, 1.82) is 5.26 Å². The van der Waals surface area contributed by atoms with E-state index >= 15 is 0 Å². The van der Waals surface area contributed by atoms with Crippen LogP contribution in [-0.2, 0) is 19.6 Å². The van der Waals surface area contributed by atoms with E-state index in [1.54, 1.807) is 42.5 Å². The topological polar surface area (TPSA) is 119 Å². The highest BCUT2D eigenvalue weighted by Gasteiger charge is 2.29. The maximum absolute atomic E-state index is 12.9. The van der Waals surface area contributed by atoms with Crippen molar-refractivity contribution in [3.05, 3.63) is 65.7 Å². The molecule has 3 rings (SSSR count). The molecule has 1 saturated heterocycles. The van der Waals surface area contributed by atoms with Crippen molar-refractivity contribution in [2.45, 2.75) is 30.7 Å². The molecule has 9 heteroatoms. The zero-order chi connectivity index (χ0) is 23.1. The van der Waals surface area contributed by atoms with Crippen LogP contribution in [-0.4, -0.2) is 43.7 Å². The Morgan fingerprint density at radius 2 is 1.69 bits per heavy atom. The zero-order valence-electron chi connectivity index (χ0n) is 17.6. The first-order chi connectivity index (χ1) is 15.3. The Morgan fingerprint density at radius 3 is 2.25 bits per heavy atom. The van der Waals surface area contributed by atoms with E-state index in [1.807, 2.05) is 6.07 Å².